The average Bonchev–Trinajstić information content (AvgIpc) is 3.18. The topological polar surface area (TPSA) is 222 Å². The van der Waals surface area contributed by atoms with Crippen LogP contribution in [0.2, 0.25) is 0 Å². The van der Waals surface area contributed by atoms with Crippen molar-refractivity contribution in [3.8, 4) is 11.5 Å². The molecule has 5 aromatic carbocycles. The van der Waals surface area contributed by atoms with Gasteiger partial charge in [0.05, 0.1) is 33.4 Å². The molecule has 0 aromatic heterocycles. The Morgan fingerprint density at radius 3 is 1.48 bits per heavy atom. The number of hydrogen-bond donors (Lipinski definition) is 2. The minimum absolute atomic E-state index is 0.0670. The zero-order chi connectivity index (χ0) is 40.2. The van der Waals surface area contributed by atoms with Crippen LogP contribution in [0, 0.1) is 40.0 Å². The number of nitro benzene ring substituents is 2. The molecule has 0 saturated heterocycles. The maximum Gasteiger partial charge on any atom is 0.343 e. The van der Waals surface area contributed by atoms with Gasteiger partial charge in [-0.3, -0.25) is 29.8 Å². The molecule has 2 N–H and O–H groups in total. The van der Waals surface area contributed by atoms with Crippen LogP contribution in [0.3, 0.4) is 0 Å². The summed E-state index contributed by atoms with van der Waals surface area (Å²) < 4.78 is 10.6. The van der Waals surface area contributed by atoms with Gasteiger partial charge >= 0.3 is 23.3 Å². The fraction of sp³-hybridized carbons (Fsp3) is 0.100. The fourth-order valence-corrected chi connectivity index (χ4v) is 5.20. The van der Waals surface area contributed by atoms with Crippen LogP contribution in [0.15, 0.2) is 125 Å². The normalized spacial score (nSPS) is 11.5. The van der Waals surface area contributed by atoms with Gasteiger partial charge in [0, 0.05) is 23.3 Å². The van der Waals surface area contributed by atoms with Crippen LogP contribution >= 0.6 is 0 Å². The Morgan fingerprint density at radius 1 is 0.625 bits per heavy atom. The van der Waals surface area contributed by atoms with Crippen LogP contribution in [0.1, 0.15) is 48.5 Å². The summed E-state index contributed by atoms with van der Waals surface area (Å²) in [5.41, 5.74) is 6.49. The zero-order valence-electron chi connectivity index (χ0n) is 29.8. The minimum atomic E-state index is -1.37. The summed E-state index contributed by atoms with van der Waals surface area (Å²) in [6, 6.07) is 29.1. The Morgan fingerprint density at radius 2 is 1.07 bits per heavy atom. The van der Waals surface area contributed by atoms with Crippen LogP contribution in [0.5, 0.6) is 11.5 Å². The van der Waals surface area contributed by atoms with Gasteiger partial charge in [-0.15, -0.1) is 0 Å². The number of carbonyl (C=O) groups excluding carboxylic acids is 4. The van der Waals surface area contributed by atoms with Gasteiger partial charge in [-0.1, -0.05) is 65.7 Å². The molecular weight excluding hydrogens is 724 g/mol. The van der Waals surface area contributed by atoms with E-state index in [-0.39, 0.29) is 40.2 Å². The first-order valence-corrected chi connectivity index (χ1v) is 16.7. The van der Waals surface area contributed by atoms with Crippen molar-refractivity contribution in [3.63, 3.8) is 0 Å². The quantitative estimate of drug-likeness (QED) is 0.0335. The van der Waals surface area contributed by atoms with E-state index in [1.54, 1.807) is 80.6 Å². The van der Waals surface area contributed by atoms with E-state index in [1.165, 1.54) is 36.4 Å². The molecule has 0 aliphatic carbocycles. The molecule has 0 aliphatic rings. The number of benzene rings is 5. The number of amides is 2. The Labute approximate surface area is 318 Å². The third-order valence-corrected chi connectivity index (χ3v) is 7.96. The molecule has 0 spiro atoms. The summed E-state index contributed by atoms with van der Waals surface area (Å²) in [5.74, 6) is -5.22. The van der Waals surface area contributed by atoms with E-state index in [9.17, 15) is 39.4 Å². The molecule has 0 fully saturated rings. The van der Waals surface area contributed by atoms with Gasteiger partial charge in [-0.2, -0.15) is 10.2 Å². The van der Waals surface area contributed by atoms with Crippen molar-refractivity contribution in [2.45, 2.75) is 20.3 Å². The van der Waals surface area contributed by atoms with Gasteiger partial charge in [0.25, 0.3) is 11.8 Å². The van der Waals surface area contributed by atoms with Crippen molar-refractivity contribution in [2.24, 2.45) is 16.1 Å². The first-order chi connectivity index (χ1) is 26.9. The first kappa shape index (κ1) is 39.3. The molecule has 5 rings (SSSR count). The molecule has 0 radical (unpaired) electrons. The summed E-state index contributed by atoms with van der Waals surface area (Å²) in [7, 11) is 0. The number of nitro groups is 2. The third-order valence-electron chi connectivity index (χ3n) is 7.96. The fourth-order valence-electron chi connectivity index (χ4n) is 5.20. The number of hydrazone groups is 2. The van der Waals surface area contributed by atoms with Gasteiger partial charge in [0.2, 0.25) is 11.5 Å². The van der Waals surface area contributed by atoms with Gasteiger partial charge in [0.15, 0.2) is 0 Å². The lowest BCUT2D eigenvalue weighted by Crippen LogP contribution is -2.39. The Kier molecular flexibility index (Phi) is 12.8. The predicted octanol–water partition coefficient (Wildman–Crippen LogP) is 6.02. The van der Waals surface area contributed by atoms with Gasteiger partial charge < -0.3 is 9.47 Å². The van der Waals surface area contributed by atoms with Crippen molar-refractivity contribution in [1.82, 2.24) is 10.9 Å². The maximum atomic E-state index is 13.3. The summed E-state index contributed by atoms with van der Waals surface area (Å²) in [5, 5.41) is 31.3. The van der Waals surface area contributed by atoms with E-state index in [2.05, 4.69) is 21.1 Å². The molecule has 2 amide bonds. The maximum absolute atomic E-state index is 13.3. The molecule has 16 heteroatoms. The van der Waals surface area contributed by atoms with E-state index in [1.807, 2.05) is 0 Å². The molecule has 0 heterocycles. The predicted molar refractivity (Wildman–Crippen MR) is 204 cm³/mol. The Hall–Kier alpha value is -7.88. The summed E-state index contributed by atoms with van der Waals surface area (Å²) >= 11 is 0. The van der Waals surface area contributed by atoms with Gasteiger partial charge in [0.1, 0.15) is 5.92 Å². The molecule has 56 heavy (non-hydrogen) atoms. The largest absolute Gasteiger partial charge is 0.416 e. The van der Waals surface area contributed by atoms with Crippen molar-refractivity contribution in [3.05, 3.63) is 174 Å². The third kappa shape index (κ3) is 10.6. The summed E-state index contributed by atoms with van der Waals surface area (Å²) in [6.07, 6.45) is 2.16. The smallest absolute Gasteiger partial charge is 0.343 e. The minimum Gasteiger partial charge on any atom is -0.416 e. The lowest BCUT2D eigenvalue weighted by atomic mass is 9.98. The van der Waals surface area contributed by atoms with Crippen LogP contribution in [-0.4, -0.2) is 46.0 Å². The first-order valence-electron chi connectivity index (χ1n) is 16.7. The van der Waals surface area contributed by atoms with Crippen molar-refractivity contribution in [1.29, 1.82) is 0 Å². The molecule has 282 valence electrons. The van der Waals surface area contributed by atoms with E-state index in [0.29, 0.717) is 5.56 Å². The Bertz CT molecular complexity index is 2230. The van der Waals surface area contributed by atoms with Gasteiger partial charge in [-0.05, 0) is 74.4 Å². The molecular formula is C40H32N6O10. The monoisotopic (exact) mass is 756 g/mol. The van der Waals surface area contributed by atoms with Crippen LogP contribution in [-0.2, 0) is 16.0 Å². The molecule has 0 aliphatic heterocycles. The van der Waals surface area contributed by atoms with Gasteiger partial charge in [-0.25, -0.2) is 20.4 Å². The van der Waals surface area contributed by atoms with E-state index in [4.69, 9.17) is 9.47 Å². The highest BCUT2D eigenvalue weighted by Crippen LogP contribution is 2.30. The highest BCUT2D eigenvalue weighted by Gasteiger charge is 2.27. The number of rotatable bonds is 14. The van der Waals surface area contributed by atoms with Crippen LogP contribution < -0.4 is 20.3 Å². The number of hydrogen-bond acceptors (Lipinski definition) is 12. The number of ether oxygens (including phenoxy) is 2. The Balaban J connectivity index is 1.26. The molecule has 0 atom stereocenters. The van der Waals surface area contributed by atoms with E-state index < -0.39 is 50.9 Å². The van der Waals surface area contributed by atoms with Crippen molar-refractivity contribution >= 4 is 47.6 Å². The molecule has 5 aromatic rings. The summed E-state index contributed by atoms with van der Waals surface area (Å²) in [6.45, 7) is 3.57. The second kappa shape index (κ2) is 18.2. The second-order valence-corrected chi connectivity index (χ2v) is 12.2. The van der Waals surface area contributed by atoms with E-state index in [0.717, 1.165) is 35.7 Å². The number of nitrogens with zero attached hydrogens (tertiary/aromatic N) is 4. The number of nitrogens with one attached hydrogen (secondary N) is 2. The number of aryl methyl sites for hydroxylation is 2. The number of carbonyl (C=O) groups is 4. The molecule has 0 bridgehead atoms. The highest BCUT2D eigenvalue weighted by atomic mass is 16.6. The zero-order valence-corrected chi connectivity index (χ0v) is 29.8. The van der Waals surface area contributed by atoms with Crippen molar-refractivity contribution < 1.29 is 38.5 Å². The lowest BCUT2D eigenvalue weighted by molar-refractivity contribution is -0.385. The standard InChI is InChI=1S/C40H32N6O10/c1-25-8-6-12-30(18-25)39(49)55-35-16-14-28(21-33(35)45(51)52)23-41-43-37(47)32(20-27-10-4-3-5-11-27)38(48)44-42-24-29-15-17-36(34(22-29)46(53)54)56-40(50)31-13-7-9-26(2)19-31/h3-19,21-24,32H,20H2,1-2H3,(H,43,47)(H,44,48). The summed E-state index contributed by atoms with van der Waals surface area (Å²) in [4.78, 5) is 73.9. The molecule has 0 unspecified atom stereocenters. The average molecular weight is 757 g/mol. The molecule has 16 nitrogen and oxygen atoms in total. The van der Waals surface area contributed by atoms with Crippen LogP contribution in [0.4, 0.5) is 11.4 Å². The van der Waals surface area contributed by atoms with E-state index >= 15 is 0 Å². The van der Waals surface area contributed by atoms with Crippen LogP contribution in [0.25, 0.3) is 0 Å². The number of esters is 2. The SMILES string of the molecule is Cc1cccc(C(=O)Oc2ccc(C=NNC(=O)C(Cc3ccccc3)C(=O)NN=Cc3ccc(OC(=O)c4cccc(C)c4)c([N+](=O)[O-])c3)cc2[N+](=O)[O-])c1. The second-order valence-electron chi connectivity index (χ2n) is 12.2. The van der Waals surface area contributed by atoms with Crippen molar-refractivity contribution in [2.75, 3.05) is 0 Å². The molecule has 0 saturated carbocycles. The highest BCUT2D eigenvalue weighted by molar-refractivity contribution is 6.01. The lowest BCUT2D eigenvalue weighted by Gasteiger charge is -2.13.